The average Bonchev–Trinajstić information content (AvgIpc) is 3.37. The minimum atomic E-state index is -3.53. The molecule has 0 bridgehead atoms. The third-order valence-corrected chi connectivity index (χ3v) is 5.82. The molecule has 0 heterocycles. The molecule has 25 heavy (non-hydrogen) atoms. The summed E-state index contributed by atoms with van der Waals surface area (Å²) in [5, 5.41) is 2.88. The molecular formula is C19H30N2O3S. The van der Waals surface area contributed by atoms with E-state index in [2.05, 4.69) is 23.9 Å². The molecule has 1 saturated carbocycles. The van der Waals surface area contributed by atoms with E-state index in [1.165, 1.54) is 31.4 Å². The van der Waals surface area contributed by atoms with Crippen molar-refractivity contribution in [1.29, 1.82) is 0 Å². The summed E-state index contributed by atoms with van der Waals surface area (Å²) in [6.45, 7) is 5.08. The normalized spacial score (nSPS) is 14.7. The van der Waals surface area contributed by atoms with Crippen molar-refractivity contribution in [1.82, 2.24) is 10.0 Å². The van der Waals surface area contributed by atoms with Crippen molar-refractivity contribution < 1.29 is 13.2 Å². The van der Waals surface area contributed by atoms with E-state index in [-0.39, 0.29) is 16.8 Å². The summed E-state index contributed by atoms with van der Waals surface area (Å²) in [6.07, 6.45) is 7.50. The van der Waals surface area contributed by atoms with Crippen molar-refractivity contribution in [2.24, 2.45) is 5.92 Å². The van der Waals surface area contributed by atoms with Crippen molar-refractivity contribution in [3.63, 3.8) is 0 Å². The van der Waals surface area contributed by atoms with Crippen LogP contribution in [0.1, 0.15) is 69.2 Å². The number of hydrogen-bond donors (Lipinski definition) is 2. The Morgan fingerprint density at radius 2 is 1.88 bits per heavy atom. The maximum atomic E-state index is 12.2. The van der Waals surface area contributed by atoms with Gasteiger partial charge in [0.15, 0.2) is 0 Å². The molecule has 1 fully saturated rings. The molecule has 0 saturated heterocycles. The van der Waals surface area contributed by atoms with Gasteiger partial charge in [-0.15, -0.1) is 0 Å². The summed E-state index contributed by atoms with van der Waals surface area (Å²) < 4.78 is 27.1. The molecule has 1 aromatic carbocycles. The van der Waals surface area contributed by atoms with Gasteiger partial charge in [0, 0.05) is 18.2 Å². The van der Waals surface area contributed by atoms with Gasteiger partial charge >= 0.3 is 0 Å². The fourth-order valence-electron chi connectivity index (χ4n) is 2.63. The van der Waals surface area contributed by atoms with Crippen LogP contribution in [0.4, 0.5) is 0 Å². The number of amides is 1. The summed E-state index contributed by atoms with van der Waals surface area (Å²) in [7, 11) is -3.53. The monoisotopic (exact) mass is 366 g/mol. The second kappa shape index (κ2) is 9.34. The number of benzene rings is 1. The van der Waals surface area contributed by atoms with E-state index >= 15 is 0 Å². The third-order valence-electron chi connectivity index (χ3n) is 4.30. The quantitative estimate of drug-likeness (QED) is 0.589. The Kier molecular flexibility index (Phi) is 7.44. The van der Waals surface area contributed by atoms with Gasteiger partial charge in [0.05, 0.1) is 4.90 Å². The zero-order chi connectivity index (χ0) is 18.3. The molecule has 1 aliphatic carbocycles. The van der Waals surface area contributed by atoms with Crippen LogP contribution in [-0.4, -0.2) is 26.9 Å². The van der Waals surface area contributed by atoms with Crippen molar-refractivity contribution in [2.45, 2.75) is 69.7 Å². The summed E-state index contributed by atoms with van der Waals surface area (Å²) in [6, 6.07) is 6.29. The highest BCUT2D eigenvalue weighted by Gasteiger charge is 2.28. The minimum absolute atomic E-state index is 0.0539. The van der Waals surface area contributed by atoms with Gasteiger partial charge in [0.1, 0.15) is 0 Å². The number of sulfonamides is 1. The predicted octanol–water partition coefficient (Wildman–Crippen LogP) is 3.46. The van der Waals surface area contributed by atoms with Crippen LogP contribution in [0.5, 0.6) is 0 Å². The first-order chi connectivity index (χ1) is 11.9. The Morgan fingerprint density at radius 1 is 1.16 bits per heavy atom. The summed E-state index contributed by atoms with van der Waals surface area (Å²) in [5.74, 6) is 0.531. The lowest BCUT2D eigenvalue weighted by molar-refractivity contribution is 0.0952. The van der Waals surface area contributed by atoms with Crippen LogP contribution < -0.4 is 10.0 Å². The largest absolute Gasteiger partial charge is 0.352 e. The second-order valence-corrected chi connectivity index (χ2v) is 8.99. The number of hydrogen-bond acceptors (Lipinski definition) is 3. The van der Waals surface area contributed by atoms with Crippen LogP contribution in [0.2, 0.25) is 0 Å². The van der Waals surface area contributed by atoms with Crippen molar-refractivity contribution >= 4 is 15.9 Å². The Labute approximate surface area is 151 Å². The summed E-state index contributed by atoms with van der Waals surface area (Å²) >= 11 is 0. The molecule has 0 radical (unpaired) electrons. The van der Waals surface area contributed by atoms with Gasteiger partial charge in [-0.1, -0.05) is 45.6 Å². The van der Waals surface area contributed by atoms with Gasteiger partial charge in [-0.2, -0.15) is 0 Å². The SMILES string of the molecule is CC(C)CCCCCCNC(=O)c1cccc(S(=O)(=O)NC2CC2)c1. The van der Waals surface area contributed by atoms with Crippen molar-refractivity contribution in [3.05, 3.63) is 29.8 Å². The zero-order valence-electron chi connectivity index (χ0n) is 15.3. The van der Waals surface area contributed by atoms with E-state index in [9.17, 15) is 13.2 Å². The smallest absolute Gasteiger partial charge is 0.251 e. The Hall–Kier alpha value is -1.40. The van der Waals surface area contributed by atoms with Gasteiger partial charge in [0.25, 0.3) is 5.91 Å². The van der Waals surface area contributed by atoms with Crippen LogP contribution >= 0.6 is 0 Å². The zero-order valence-corrected chi connectivity index (χ0v) is 16.1. The molecule has 6 heteroatoms. The lowest BCUT2D eigenvalue weighted by Gasteiger charge is -2.09. The number of carbonyl (C=O) groups is 1. The van der Waals surface area contributed by atoms with Gasteiger partial charge < -0.3 is 5.32 Å². The maximum absolute atomic E-state index is 12.2. The van der Waals surface area contributed by atoms with Gasteiger partial charge in [-0.3, -0.25) is 4.79 Å². The standard InChI is InChI=1S/C19H30N2O3S/c1-15(2)8-5-3-4-6-13-20-19(22)16-9-7-10-18(14-16)25(23,24)21-17-11-12-17/h7,9-10,14-15,17,21H,3-6,8,11-13H2,1-2H3,(H,20,22). The lowest BCUT2D eigenvalue weighted by atomic mass is 10.0. The fraction of sp³-hybridized carbons (Fsp3) is 0.632. The molecule has 1 aliphatic rings. The number of nitrogens with one attached hydrogen (secondary N) is 2. The second-order valence-electron chi connectivity index (χ2n) is 7.28. The minimum Gasteiger partial charge on any atom is -0.352 e. The van der Waals surface area contributed by atoms with Gasteiger partial charge in [-0.25, -0.2) is 13.1 Å². The molecule has 0 aliphatic heterocycles. The van der Waals surface area contributed by atoms with Crippen LogP contribution in [0.15, 0.2) is 29.2 Å². The Balaban J connectivity index is 1.77. The molecule has 2 N–H and O–H groups in total. The molecule has 1 amide bonds. The van der Waals surface area contributed by atoms with Crippen LogP contribution in [0.3, 0.4) is 0 Å². The van der Waals surface area contributed by atoms with E-state index in [1.807, 2.05) is 0 Å². The number of carbonyl (C=O) groups excluding carboxylic acids is 1. The molecule has 1 aromatic rings. The average molecular weight is 367 g/mol. The third kappa shape index (κ3) is 7.16. The number of unbranched alkanes of at least 4 members (excludes halogenated alkanes) is 3. The maximum Gasteiger partial charge on any atom is 0.251 e. The van der Waals surface area contributed by atoms with E-state index in [1.54, 1.807) is 12.1 Å². The molecule has 0 aromatic heterocycles. The van der Waals surface area contributed by atoms with Crippen LogP contribution in [0, 0.1) is 5.92 Å². The molecule has 140 valence electrons. The summed E-state index contributed by atoms with van der Waals surface area (Å²) in [5.41, 5.74) is 0.387. The molecule has 0 spiro atoms. The first kappa shape index (κ1) is 19.9. The van der Waals surface area contributed by atoms with Crippen LogP contribution in [-0.2, 0) is 10.0 Å². The predicted molar refractivity (Wildman–Crippen MR) is 100 cm³/mol. The number of rotatable bonds is 11. The van der Waals surface area contributed by atoms with Crippen molar-refractivity contribution in [2.75, 3.05) is 6.54 Å². The highest BCUT2D eigenvalue weighted by Crippen LogP contribution is 2.22. The molecular weight excluding hydrogens is 336 g/mol. The van der Waals surface area contributed by atoms with E-state index in [0.29, 0.717) is 12.1 Å². The molecule has 0 atom stereocenters. The van der Waals surface area contributed by atoms with E-state index < -0.39 is 10.0 Å². The highest BCUT2D eigenvalue weighted by molar-refractivity contribution is 7.89. The molecule has 5 nitrogen and oxygen atoms in total. The topological polar surface area (TPSA) is 75.3 Å². The van der Waals surface area contributed by atoms with Crippen molar-refractivity contribution in [3.8, 4) is 0 Å². The highest BCUT2D eigenvalue weighted by atomic mass is 32.2. The fourth-order valence-corrected chi connectivity index (χ4v) is 3.98. The summed E-state index contributed by atoms with van der Waals surface area (Å²) in [4.78, 5) is 12.4. The first-order valence-electron chi connectivity index (χ1n) is 9.29. The Bertz CT molecular complexity index is 667. The Morgan fingerprint density at radius 3 is 2.56 bits per heavy atom. The van der Waals surface area contributed by atoms with Gasteiger partial charge in [0.2, 0.25) is 10.0 Å². The van der Waals surface area contributed by atoms with E-state index in [0.717, 1.165) is 31.6 Å². The molecule has 2 rings (SSSR count). The first-order valence-corrected chi connectivity index (χ1v) is 10.8. The lowest BCUT2D eigenvalue weighted by Crippen LogP contribution is -2.27. The van der Waals surface area contributed by atoms with E-state index in [4.69, 9.17) is 0 Å². The van der Waals surface area contributed by atoms with Crippen LogP contribution in [0.25, 0.3) is 0 Å². The molecule has 0 unspecified atom stereocenters. The van der Waals surface area contributed by atoms with Gasteiger partial charge in [-0.05, 0) is 43.4 Å².